The first-order chi connectivity index (χ1) is 8.79. The Kier molecular flexibility index (Phi) is 5.01. The Balaban J connectivity index is 2.22. The molecule has 106 valence electrons. The first-order valence-corrected chi connectivity index (χ1v) is 7.34. The van der Waals surface area contributed by atoms with E-state index in [9.17, 15) is 0 Å². The van der Waals surface area contributed by atoms with Gasteiger partial charge in [-0.25, -0.2) is 0 Å². The summed E-state index contributed by atoms with van der Waals surface area (Å²) in [5, 5.41) is 0. The van der Waals surface area contributed by atoms with Crippen LogP contribution in [0.5, 0.6) is 0 Å². The summed E-state index contributed by atoms with van der Waals surface area (Å²) in [6.07, 6.45) is 5.55. The van der Waals surface area contributed by atoms with Crippen molar-refractivity contribution in [1.29, 1.82) is 0 Å². The number of ether oxygens (including phenoxy) is 4. The van der Waals surface area contributed by atoms with Crippen molar-refractivity contribution in [3.05, 3.63) is 0 Å². The van der Waals surface area contributed by atoms with Crippen molar-refractivity contribution < 1.29 is 18.9 Å². The van der Waals surface area contributed by atoms with Gasteiger partial charge in [0.05, 0.1) is 26.4 Å². The molecule has 0 aromatic heterocycles. The zero-order valence-corrected chi connectivity index (χ0v) is 11.7. The highest BCUT2D eigenvalue weighted by Gasteiger charge is 2.57. The van der Waals surface area contributed by atoms with Crippen molar-refractivity contribution in [2.24, 2.45) is 0 Å². The smallest absolute Gasteiger partial charge is 0.223 e. The fraction of sp³-hybridized carbons (Fsp3) is 1.00. The van der Waals surface area contributed by atoms with Crippen LogP contribution < -0.4 is 0 Å². The van der Waals surface area contributed by atoms with Gasteiger partial charge in [0.2, 0.25) is 11.6 Å². The summed E-state index contributed by atoms with van der Waals surface area (Å²) in [5.41, 5.74) is 0. The lowest BCUT2D eigenvalue weighted by Crippen LogP contribution is -2.63. The molecule has 0 atom stereocenters. The average molecular weight is 258 g/mol. The molecule has 2 rings (SSSR count). The van der Waals surface area contributed by atoms with E-state index in [1.54, 1.807) is 0 Å². The second-order valence-electron chi connectivity index (χ2n) is 5.11. The highest BCUT2D eigenvalue weighted by Crippen LogP contribution is 2.43. The van der Waals surface area contributed by atoms with Gasteiger partial charge < -0.3 is 18.9 Å². The lowest BCUT2D eigenvalue weighted by atomic mass is 9.94. The molecule has 4 nitrogen and oxygen atoms in total. The Hall–Kier alpha value is -0.160. The summed E-state index contributed by atoms with van der Waals surface area (Å²) in [4.78, 5) is 0. The molecule has 2 heterocycles. The molecule has 0 spiro atoms. The summed E-state index contributed by atoms with van der Waals surface area (Å²) < 4.78 is 24.1. The monoisotopic (exact) mass is 258 g/mol. The topological polar surface area (TPSA) is 36.9 Å². The van der Waals surface area contributed by atoms with Crippen molar-refractivity contribution in [3.63, 3.8) is 0 Å². The van der Waals surface area contributed by atoms with Gasteiger partial charge in [0.1, 0.15) is 0 Å². The fourth-order valence-electron chi connectivity index (χ4n) is 2.92. The van der Waals surface area contributed by atoms with Crippen molar-refractivity contribution in [1.82, 2.24) is 0 Å². The third kappa shape index (κ3) is 2.57. The minimum atomic E-state index is -0.698. The molecular weight excluding hydrogens is 232 g/mol. The van der Waals surface area contributed by atoms with E-state index in [2.05, 4.69) is 13.8 Å². The fourth-order valence-corrected chi connectivity index (χ4v) is 2.92. The molecular formula is C14H26O4. The predicted molar refractivity (Wildman–Crippen MR) is 68.3 cm³/mol. The molecule has 18 heavy (non-hydrogen) atoms. The Labute approximate surface area is 110 Å². The van der Waals surface area contributed by atoms with E-state index in [0.29, 0.717) is 0 Å². The first kappa shape index (κ1) is 14.3. The molecule has 0 aromatic carbocycles. The molecule has 0 N–H and O–H groups in total. The van der Waals surface area contributed by atoms with Gasteiger partial charge in [-0.3, -0.25) is 0 Å². The highest BCUT2D eigenvalue weighted by molar-refractivity contribution is 4.92. The largest absolute Gasteiger partial charge is 0.345 e. The Morgan fingerprint density at radius 1 is 0.667 bits per heavy atom. The molecule has 0 saturated carbocycles. The van der Waals surface area contributed by atoms with E-state index in [4.69, 9.17) is 18.9 Å². The summed E-state index contributed by atoms with van der Waals surface area (Å²) in [6.45, 7) is 7.23. The SMILES string of the molecule is CCCC1(C2(CCC)OCCCO2)OCCCO1. The van der Waals surface area contributed by atoms with Crippen molar-refractivity contribution >= 4 is 0 Å². The third-order valence-corrected chi connectivity index (χ3v) is 3.66. The van der Waals surface area contributed by atoms with E-state index in [1.165, 1.54) is 0 Å². The average Bonchev–Trinajstić information content (AvgIpc) is 2.41. The van der Waals surface area contributed by atoms with Gasteiger partial charge in [-0.1, -0.05) is 26.7 Å². The van der Waals surface area contributed by atoms with Crippen molar-refractivity contribution in [2.45, 2.75) is 63.9 Å². The van der Waals surface area contributed by atoms with Gasteiger partial charge in [-0.2, -0.15) is 0 Å². The summed E-state index contributed by atoms with van der Waals surface area (Å²) in [5.74, 6) is -1.40. The van der Waals surface area contributed by atoms with E-state index in [-0.39, 0.29) is 0 Å². The van der Waals surface area contributed by atoms with Gasteiger partial charge in [0.25, 0.3) is 0 Å². The minimum Gasteiger partial charge on any atom is -0.345 e. The highest BCUT2D eigenvalue weighted by atomic mass is 16.8. The van der Waals surface area contributed by atoms with Gasteiger partial charge in [-0.05, 0) is 12.8 Å². The Morgan fingerprint density at radius 3 is 1.28 bits per heavy atom. The normalized spacial score (nSPS) is 27.0. The van der Waals surface area contributed by atoms with Gasteiger partial charge >= 0.3 is 0 Å². The van der Waals surface area contributed by atoms with E-state index in [0.717, 1.165) is 65.0 Å². The third-order valence-electron chi connectivity index (χ3n) is 3.66. The van der Waals surface area contributed by atoms with Gasteiger partial charge in [-0.15, -0.1) is 0 Å². The molecule has 0 unspecified atom stereocenters. The molecule has 2 aliphatic heterocycles. The van der Waals surface area contributed by atoms with Crippen LogP contribution in [0.1, 0.15) is 52.4 Å². The van der Waals surface area contributed by atoms with Crippen LogP contribution in [0.3, 0.4) is 0 Å². The second kappa shape index (κ2) is 6.33. The van der Waals surface area contributed by atoms with Crippen molar-refractivity contribution in [2.75, 3.05) is 26.4 Å². The maximum Gasteiger partial charge on any atom is 0.223 e. The number of hydrogen-bond acceptors (Lipinski definition) is 4. The maximum atomic E-state index is 6.03. The van der Waals surface area contributed by atoms with E-state index < -0.39 is 11.6 Å². The summed E-state index contributed by atoms with van der Waals surface area (Å²) in [6, 6.07) is 0. The molecule has 2 fully saturated rings. The van der Waals surface area contributed by atoms with Gasteiger partial charge in [0, 0.05) is 12.8 Å². The standard InChI is InChI=1S/C14H26O4/c1-3-7-13(15-9-5-10-16-13)14(8-4-2)17-11-6-12-18-14/h3-12H2,1-2H3. The van der Waals surface area contributed by atoms with Crippen LogP contribution in [0.2, 0.25) is 0 Å². The molecule has 2 saturated heterocycles. The molecule has 0 bridgehead atoms. The second-order valence-corrected chi connectivity index (χ2v) is 5.11. The lowest BCUT2D eigenvalue weighted by Gasteiger charge is -2.51. The Bertz CT molecular complexity index is 205. The van der Waals surface area contributed by atoms with Crippen LogP contribution in [-0.4, -0.2) is 38.0 Å². The zero-order valence-electron chi connectivity index (χ0n) is 11.7. The molecule has 0 aliphatic carbocycles. The van der Waals surface area contributed by atoms with E-state index in [1.807, 2.05) is 0 Å². The van der Waals surface area contributed by atoms with Crippen LogP contribution in [0.15, 0.2) is 0 Å². The molecule has 0 radical (unpaired) electrons. The number of rotatable bonds is 5. The molecule has 2 aliphatic rings. The molecule has 4 heteroatoms. The molecule has 0 aromatic rings. The zero-order chi connectivity index (χ0) is 12.9. The van der Waals surface area contributed by atoms with Gasteiger partial charge in [0.15, 0.2) is 0 Å². The maximum absolute atomic E-state index is 6.03. The summed E-state index contributed by atoms with van der Waals surface area (Å²) >= 11 is 0. The number of hydrogen-bond donors (Lipinski definition) is 0. The van der Waals surface area contributed by atoms with Crippen LogP contribution in [0.4, 0.5) is 0 Å². The summed E-state index contributed by atoms with van der Waals surface area (Å²) in [7, 11) is 0. The van der Waals surface area contributed by atoms with Crippen LogP contribution in [0.25, 0.3) is 0 Å². The van der Waals surface area contributed by atoms with Crippen molar-refractivity contribution in [3.8, 4) is 0 Å². The quantitative estimate of drug-likeness (QED) is 0.760. The molecule has 0 amide bonds. The van der Waals surface area contributed by atoms with Crippen LogP contribution in [0, 0.1) is 0 Å². The van der Waals surface area contributed by atoms with Crippen LogP contribution >= 0.6 is 0 Å². The predicted octanol–water partition coefficient (Wildman–Crippen LogP) is 2.85. The lowest BCUT2D eigenvalue weighted by molar-refractivity contribution is -0.437. The first-order valence-electron chi connectivity index (χ1n) is 7.34. The Morgan fingerprint density at radius 2 is 1.00 bits per heavy atom. The van der Waals surface area contributed by atoms with Crippen LogP contribution in [-0.2, 0) is 18.9 Å². The minimum absolute atomic E-state index is 0.698. The van der Waals surface area contributed by atoms with E-state index >= 15 is 0 Å².